The lowest BCUT2D eigenvalue weighted by molar-refractivity contribution is -0.384. The summed E-state index contributed by atoms with van der Waals surface area (Å²) in [7, 11) is 0. The van der Waals surface area contributed by atoms with Gasteiger partial charge in [0, 0.05) is 23.3 Å². The van der Waals surface area contributed by atoms with E-state index in [0.29, 0.717) is 5.75 Å². The molecule has 1 aromatic heterocycles. The second kappa shape index (κ2) is 6.21. The first-order chi connectivity index (χ1) is 9.15. The first-order valence-electron chi connectivity index (χ1n) is 5.46. The van der Waals surface area contributed by atoms with E-state index in [9.17, 15) is 14.7 Å². The smallest absolute Gasteiger partial charge is 0.269 e. The Labute approximate surface area is 112 Å². The molecule has 0 aliphatic rings. The van der Waals surface area contributed by atoms with Crippen LogP contribution in [-0.2, 0) is 16.9 Å². The number of benzene rings is 1. The van der Waals surface area contributed by atoms with E-state index in [0.717, 1.165) is 11.1 Å². The molecule has 98 valence electrons. The third-order valence-corrected chi connectivity index (χ3v) is 3.47. The Balaban J connectivity index is 1.95. The Morgan fingerprint density at radius 1 is 1.26 bits per heavy atom. The lowest BCUT2D eigenvalue weighted by atomic mass is 10.2. The Hall–Kier alpha value is -2.05. The molecular formula is C13H11NO4S. The van der Waals surface area contributed by atoms with Crippen LogP contribution >= 0.6 is 0 Å². The quantitative estimate of drug-likeness (QED) is 0.478. The molecule has 6 heteroatoms. The van der Waals surface area contributed by atoms with Gasteiger partial charge >= 0.3 is 0 Å². The van der Waals surface area contributed by atoms with Crippen LogP contribution in [0.4, 0.5) is 5.69 Å². The molecule has 0 spiro atoms. The largest absolute Gasteiger partial charge is 0.612 e. The molecule has 19 heavy (non-hydrogen) atoms. The van der Waals surface area contributed by atoms with Gasteiger partial charge in [-0.05, 0) is 35.5 Å². The molecule has 0 amide bonds. The van der Waals surface area contributed by atoms with Gasteiger partial charge in [-0.3, -0.25) is 10.1 Å². The fourth-order valence-corrected chi connectivity index (χ4v) is 2.38. The minimum absolute atomic E-state index is 0.0310. The van der Waals surface area contributed by atoms with Crippen LogP contribution in [0, 0.1) is 10.1 Å². The van der Waals surface area contributed by atoms with E-state index in [2.05, 4.69) is 0 Å². The molecule has 2 aromatic rings. The molecule has 0 bridgehead atoms. The van der Waals surface area contributed by atoms with Crippen molar-refractivity contribution in [2.45, 2.75) is 5.75 Å². The van der Waals surface area contributed by atoms with Gasteiger partial charge in [0.1, 0.15) is 11.2 Å². The average Bonchev–Trinajstić information content (AvgIpc) is 2.90. The van der Waals surface area contributed by atoms with Gasteiger partial charge in [0.25, 0.3) is 5.69 Å². The molecule has 0 fully saturated rings. The van der Waals surface area contributed by atoms with Crippen LogP contribution < -0.4 is 0 Å². The zero-order valence-electron chi connectivity index (χ0n) is 9.89. The summed E-state index contributed by atoms with van der Waals surface area (Å²) < 4.78 is 16.7. The first kappa shape index (κ1) is 13.4. The molecule has 0 N–H and O–H groups in total. The highest BCUT2D eigenvalue weighted by atomic mass is 32.2. The molecule has 0 radical (unpaired) electrons. The van der Waals surface area contributed by atoms with Gasteiger partial charge in [-0.15, -0.1) is 0 Å². The highest BCUT2D eigenvalue weighted by Gasteiger charge is 2.08. The fourth-order valence-electron chi connectivity index (χ4n) is 1.45. The fraction of sp³-hybridized carbons (Fsp3) is 0.0769. The first-order valence-corrected chi connectivity index (χ1v) is 6.84. The summed E-state index contributed by atoms with van der Waals surface area (Å²) in [6.45, 7) is 0. The minimum Gasteiger partial charge on any atom is -0.612 e. The van der Waals surface area contributed by atoms with Gasteiger partial charge in [-0.1, -0.05) is 0 Å². The molecule has 0 aliphatic heterocycles. The molecule has 1 aromatic carbocycles. The highest BCUT2D eigenvalue weighted by Crippen LogP contribution is 2.15. The maximum absolute atomic E-state index is 11.8. The Kier molecular flexibility index (Phi) is 4.38. The third-order valence-electron chi connectivity index (χ3n) is 2.41. The number of nitro groups is 1. The van der Waals surface area contributed by atoms with Crippen molar-refractivity contribution in [3.05, 3.63) is 69.5 Å². The van der Waals surface area contributed by atoms with E-state index in [1.165, 1.54) is 12.1 Å². The zero-order chi connectivity index (χ0) is 13.7. The summed E-state index contributed by atoms with van der Waals surface area (Å²) in [5.41, 5.74) is 1.67. The van der Waals surface area contributed by atoms with Crippen molar-refractivity contribution < 1.29 is 13.9 Å². The van der Waals surface area contributed by atoms with Crippen LogP contribution in [0.5, 0.6) is 0 Å². The second-order valence-corrected chi connectivity index (χ2v) is 5.13. The number of nitro benzene ring substituents is 1. The van der Waals surface area contributed by atoms with Crippen LogP contribution in [0.1, 0.15) is 11.1 Å². The summed E-state index contributed by atoms with van der Waals surface area (Å²) >= 11 is -1.17. The standard InChI is InChI=1S/C13H11NO4S/c15-14(16)13-3-1-12(2-4-13)10-19(17)8-6-11-5-7-18-9-11/h1-9H,10H2. The van der Waals surface area contributed by atoms with E-state index < -0.39 is 16.1 Å². The van der Waals surface area contributed by atoms with Crippen LogP contribution in [0.2, 0.25) is 0 Å². The molecular weight excluding hydrogens is 266 g/mol. The molecule has 1 unspecified atom stereocenters. The molecule has 0 aliphatic carbocycles. The topological polar surface area (TPSA) is 79.3 Å². The highest BCUT2D eigenvalue weighted by molar-refractivity contribution is 7.93. The third kappa shape index (κ3) is 3.97. The van der Waals surface area contributed by atoms with Crippen molar-refractivity contribution in [1.82, 2.24) is 0 Å². The van der Waals surface area contributed by atoms with Gasteiger partial charge in [-0.25, -0.2) is 0 Å². The number of nitrogens with zero attached hydrogens (tertiary/aromatic N) is 1. The molecule has 0 saturated carbocycles. The average molecular weight is 277 g/mol. The SMILES string of the molecule is O=[N+]([O-])c1ccc(C[S+]([O-])C=Cc2ccoc2)cc1. The van der Waals surface area contributed by atoms with Gasteiger partial charge in [-0.2, -0.15) is 0 Å². The Morgan fingerprint density at radius 2 is 2.00 bits per heavy atom. The van der Waals surface area contributed by atoms with Crippen LogP contribution in [0.3, 0.4) is 0 Å². The summed E-state index contributed by atoms with van der Waals surface area (Å²) in [6, 6.07) is 7.81. The van der Waals surface area contributed by atoms with Crippen molar-refractivity contribution in [3.63, 3.8) is 0 Å². The lowest BCUT2D eigenvalue weighted by Crippen LogP contribution is -2.00. The molecule has 0 saturated heterocycles. The maximum Gasteiger partial charge on any atom is 0.269 e. The van der Waals surface area contributed by atoms with Crippen LogP contribution in [0.25, 0.3) is 6.08 Å². The predicted molar refractivity (Wildman–Crippen MR) is 72.7 cm³/mol. The van der Waals surface area contributed by atoms with Gasteiger partial charge in [0.2, 0.25) is 0 Å². The van der Waals surface area contributed by atoms with Crippen molar-refractivity contribution in [2.24, 2.45) is 0 Å². The Bertz CT molecular complexity index is 563. The van der Waals surface area contributed by atoms with E-state index in [-0.39, 0.29) is 5.69 Å². The number of non-ortho nitro benzene ring substituents is 1. The van der Waals surface area contributed by atoms with Gasteiger partial charge < -0.3 is 8.97 Å². The van der Waals surface area contributed by atoms with E-state index in [1.807, 2.05) is 0 Å². The maximum atomic E-state index is 11.8. The number of hydrogen-bond donors (Lipinski definition) is 0. The molecule has 2 rings (SSSR count). The zero-order valence-corrected chi connectivity index (χ0v) is 10.7. The predicted octanol–water partition coefficient (Wildman–Crippen LogP) is 3.11. The second-order valence-electron chi connectivity index (χ2n) is 3.81. The van der Waals surface area contributed by atoms with Gasteiger partial charge in [0.15, 0.2) is 0 Å². The number of furan rings is 1. The van der Waals surface area contributed by atoms with Crippen LogP contribution in [-0.4, -0.2) is 9.48 Å². The molecule has 1 atom stereocenters. The van der Waals surface area contributed by atoms with E-state index >= 15 is 0 Å². The lowest BCUT2D eigenvalue weighted by Gasteiger charge is -2.05. The molecule has 5 nitrogen and oxygen atoms in total. The summed E-state index contributed by atoms with van der Waals surface area (Å²) in [5.74, 6) is 0.326. The van der Waals surface area contributed by atoms with Crippen molar-refractivity contribution >= 4 is 22.9 Å². The van der Waals surface area contributed by atoms with Crippen molar-refractivity contribution in [1.29, 1.82) is 0 Å². The van der Waals surface area contributed by atoms with Gasteiger partial charge in [0.05, 0.1) is 17.4 Å². The summed E-state index contributed by atoms with van der Waals surface area (Å²) in [5, 5.41) is 12.1. The number of hydrogen-bond acceptors (Lipinski definition) is 4. The van der Waals surface area contributed by atoms with Crippen molar-refractivity contribution in [2.75, 3.05) is 0 Å². The molecule has 1 heterocycles. The van der Waals surface area contributed by atoms with Crippen molar-refractivity contribution in [3.8, 4) is 0 Å². The summed E-state index contributed by atoms with van der Waals surface area (Å²) in [4.78, 5) is 10.0. The minimum atomic E-state index is -1.17. The summed E-state index contributed by atoms with van der Waals surface area (Å²) in [6.07, 6.45) is 4.81. The monoisotopic (exact) mass is 277 g/mol. The van der Waals surface area contributed by atoms with E-state index in [1.54, 1.807) is 42.2 Å². The normalized spacial score (nSPS) is 12.7. The van der Waals surface area contributed by atoms with Crippen LogP contribution in [0.15, 0.2) is 52.7 Å². The number of rotatable bonds is 5. The Morgan fingerprint density at radius 3 is 2.58 bits per heavy atom. The van der Waals surface area contributed by atoms with E-state index in [4.69, 9.17) is 4.42 Å².